The van der Waals surface area contributed by atoms with E-state index in [0.717, 1.165) is 29.6 Å². The van der Waals surface area contributed by atoms with Crippen LogP contribution in [0.5, 0.6) is 0 Å². The Morgan fingerprint density at radius 2 is 1.27 bits per heavy atom. The molecule has 0 heteroatoms. The maximum atomic E-state index is 2.51. The van der Waals surface area contributed by atoms with E-state index in [1.54, 1.807) is 0 Å². The molecule has 0 aliphatic heterocycles. The molecule has 0 bridgehead atoms. The van der Waals surface area contributed by atoms with E-state index in [1.807, 2.05) is 0 Å². The van der Waals surface area contributed by atoms with Crippen LogP contribution in [0.15, 0.2) is 0 Å². The Balaban J connectivity index is 4.27. The average Bonchev–Trinajstić information content (AvgIpc) is 2.51. The molecule has 0 aromatic rings. The zero-order valence-corrected chi connectivity index (χ0v) is 17.0. The summed E-state index contributed by atoms with van der Waals surface area (Å²) in [6.45, 7) is 16.8. The highest BCUT2D eigenvalue weighted by molar-refractivity contribution is 4.70. The van der Waals surface area contributed by atoms with Crippen LogP contribution in [0.4, 0.5) is 0 Å². The first kappa shape index (κ1) is 22.0. The van der Waals surface area contributed by atoms with Crippen LogP contribution >= 0.6 is 0 Å². The third-order valence-corrected chi connectivity index (χ3v) is 6.11. The Kier molecular flexibility index (Phi) is 13.4. The van der Waals surface area contributed by atoms with Gasteiger partial charge in [0.25, 0.3) is 0 Å². The third-order valence-electron chi connectivity index (χ3n) is 6.11. The fourth-order valence-corrected chi connectivity index (χ4v) is 3.72. The second-order valence-corrected chi connectivity index (χ2v) is 8.39. The molecule has 0 aliphatic carbocycles. The lowest BCUT2D eigenvalue weighted by Gasteiger charge is -2.26. The highest BCUT2D eigenvalue weighted by atomic mass is 14.2. The molecule has 5 unspecified atom stereocenters. The number of rotatable bonds is 14. The molecule has 0 aromatic heterocycles. The van der Waals surface area contributed by atoms with E-state index in [2.05, 4.69) is 48.5 Å². The SMILES string of the molecule is CCCCCC(CCC(C)CC)CC(C)CC(C)C(C)CC. The summed E-state index contributed by atoms with van der Waals surface area (Å²) in [5, 5.41) is 0. The van der Waals surface area contributed by atoms with Crippen LogP contribution in [0, 0.1) is 29.6 Å². The Hall–Kier alpha value is 0. The highest BCUT2D eigenvalue weighted by Crippen LogP contribution is 2.30. The van der Waals surface area contributed by atoms with E-state index in [1.165, 1.54) is 64.2 Å². The molecule has 134 valence electrons. The van der Waals surface area contributed by atoms with E-state index in [-0.39, 0.29) is 0 Å². The summed E-state index contributed by atoms with van der Waals surface area (Å²) in [7, 11) is 0. The van der Waals surface area contributed by atoms with Crippen LogP contribution < -0.4 is 0 Å². The van der Waals surface area contributed by atoms with Crippen molar-refractivity contribution < 1.29 is 0 Å². The largest absolute Gasteiger partial charge is 0.0654 e. The molecular formula is C22H46. The van der Waals surface area contributed by atoms with E-state index in [4.69, 9.17) is 0 Å². The van der Waals surface area contributed by atoms with E-state index < -0.39 is 0 Å². The fraction of sp³-hybridized carbons (Fsp3) is 1.00. The lowest BCUT2D eigenvalue weighted by atomic mass is 9.80. The van der Waals surface area contributed by atoms with Crippen molar-refractivity contribution >= 4 is 0 Å². The standard InChI is InChI=1S/C22H46/c1-8-11-12-13-22(15-14-18(4)9-2)17-19(5)16-21(7)20(6)10-3/h18-22H,8-17H2,1-7H3. The number of unbranched alkanes of at least 4 members (excludes halogenated alkanes) is 2. The molecule has 0 aromatic carbocycles. The molecule has 0 spiro atoms. The van der Waals surface area contributed by atoms with Gasteiger partial charge in [0.15, 0.2) is 0 Å². The van der Waals surface area contributed by atoms with Gasteiger partial charge in [0.05, 0.1) is 0 Å². The second kappa shape index (κ2) is 13.4. The molecule has 0 aliphatic rings. The minimum absolute atomic E-state index is 0.890. The zero-order valence-electron chi connectivity index (χ0n) is 17.0. The summed E-state index contributed by atoms with van der Waals surface area (Å²) in [5.41, 5.74) is 0. The first-order valence-corrected chi connectivity index (χ1v) is 10.4. The van der Waals surface area contributed by atoms with Crippen molar-refractivity contribution in [3.8, 4) is 0 Å². The zero-order chi connectivity index (χ0) is 17.0. The minimum atomic E-state index is 0.890. The van der Waals surface area contributed by atoms with Crippen molar-refractivity contribution in [2.24, 2.45) is 29.6 Å². The summed E-state index contributed by atoms with van der Waals surface area (Å²) >= 11 is 0. The van der Waals surface area contributed by atoms with Gasteiger partial charge >= 0.3 is 0 Å². The summed E-state index contributed by atoms with van der Waals surface area (Å²) in [6, 6.07) is 0. The topological polar surface area (TPSA) is 0 Å². The van der Waals surface area contributed by atoms with Crippen molar-refractivity contribution in [1.82, 2.24) is 0 Å². The normalized spacial score (nSPS) is 18.7. The first-order chi connectivity index (χ1) is 10.4. The average molecular weight is 311 g/mol. The predicted molar refractivity (Wildman–Crippen MR) is 103 cm³/mol. The molecule has 0 heterocycles. The molecule has 0 N–H and O–H groups in total. The molecular weight excluding hydrogens is 264 g/mol. The Morgan fingerprint density at radius 3 is 1.82 bits per heavy atom. The van der Waals surface area contributed by atoms with Gasteiger partial charge in [-0.15, -0.1) is 0 Å². The summed E-state index contributed by atoms with van der Waals surface area (Å²) in [5.74, 6) is 4.60. The van der Waals surface area contributed by atoms with Crippen LogP contribution in [0.3, 0.4) is 0 Å². The van der Waals surface area contributed by atoms with Crippen LogP contribution in [-0.2, 0) is 0 Å². The van der Waals surface area contributed by atoms with Crippen molar-refractivity contribution in [3.63, 3.8) is 0 Å². The summed E-state index contributed by atoms with van der Waals surface area (Å²) in [6.07, 6.45) is 14.2. The van der Waals surface area contributed by atoms with Crippen LogP contribution in [-0.4, -0.2) is 0 Å². The van der Waals surface area contributed by atoms with Gasteiger partial charge in [-0.25, -0.2) is 0 Å². The highest BCUT2D eigenvalue weighted by Gasteiger charge is 2.18. The quantitative estimate of drug-likeness (QED) is 0.284. The van der Waals surface area contributed by atoms with Crippen molar-refractivity contribution in [3.05, 3.63) is 0 Å². The molecule has 22 heavy (non-hydrogen) atoms. The van der Waals surface area contributed by atoms with Gasteiger partial charge < -0.3 is 0 Å². The predicted octanol–water partition coefficient (Wildman–Crippen LogP) is 8.11. The van der Waals surface area contributed by atoms with Gasteiger partial charge in [0, 0.05) is 0 Å². The maximum Gasteiger partial charge on any atom is -0.0412 e. The molecule has 0 saturated heterocycles. The van der Waals surface area contributed by atoms with E-state index in [0.29, 0.717) is 0 Å². The number of hydrogen-bond donors (Lipinski definition) is 0. The van der Waals surface area contributed by atoms with Crippen LogP contribution in [0.1, 0.15) is 113 Å². The first-order valence-electron chi connectivity index (χ1n) is 10.4. The van der Waals surface area contributed by atoms with Gasteiger partial charge in [-0.05, 0) is 42.4 Å². The summed E-state index contributed by atoms with van der Waals surface area (Å²) in [4.78, 5) is 0. The fourth-order valence-electron chi connectivity index (χ4n) is 3.72. The molecule has 0 saturated carbocycles. The van der Waals surface area contributed by atoms with Gasteiger partial charge in [0.1, 0.15) is 0 Å². The van der Waals surface area contributed by atoms with Crippen LogP contribution in [0.25, 0.3) is 0 Å². The summed E-state index contributed by atoms with van der Waals surface area (Å²) < 4.78 is 0. The lowest BCUT2D eigenvalue weighted by Crippen LogP contribution is -2.15. The van der Waals surface area contributed by atoms with Gasteiger partial charge in [-0.2, -0.15) is 0 Å². The van der Waals surface area contributed by atoms with Gasteiger partial charge in [-0.1, -0.05) is 99.8 Å². The lowest BCUT2D eigenvalue weighted by molar-refractivity contribution is 0.253. The Bertz CT molecular complexity index is 232. The minimum Gasteiger partial charge on any atom is -0.0654 e. The van der Waals surface area contributed by atoms with Crippen molar-refractivity contribution in [2.45, 2.75) is 113 Å². The maximum absolute atomic E-state index is 2.51. The Labute approximate surface area is 142 Å². The molecule has 5 atom stereocenters. The van der Waals surface area contributed by atoms with Crippen molar-refractivity contribution in [1.29, 1.82) is 0 Å². The smallest absolute Gasteiger partial charge is 0.0412 e. The number of hydrogen-bond acceptors (Lipinski definition) is 0. The van der Waals surface area contributed by atoms with Crippen LogP contribution in [0.2, 0.25) is 0 Å². The third kappa shape index (κ3) is 10.7. The monoisotopic (exact) mass is 310 g/mol. The van der Waals surface area contributed by atoms with Crippen molar-refractivity contribution in [2.75, 3.05) is 0 Å². The van der Waals surface area contributed by atoms with E-state index >= 15 is 0 Å². The molecule has 0 radical (unpaired) electrons. The molecule has 0 rings (SSSR count). The molecule has 0 fully saturated rings. The Morgan fingerprint density at radius 1 is 0.591 bits per heavy atom. The molecule has 0 amide bonds. The van der Waals surface area contributed by atoms with Gasteiger partial charge in [0.2, 0.25) is 0 Å². The molecule has 0 nitrogen and oxygen atoms in total. The van der Waals surface area contributed by atoms with E-state index in [9.17, 15) is 0 Å². The van der Waals surface area contributed by atoms with Gasteiger partial charge in [-0.3, -0.25) is 0 Å². The second-order valence-electron chi connectivity index (χ2n) is 8.39.